The molecule has 0 atom stereocenters. The average molecular weight is 383 g/mol. The number of anilines is 1. The van der Waals surface area contributed by atoms with E-state index in [1.807, 2.05) is 37.3 Å². The number of hydrogen-bond donors (Lipinski definition) is 2. The summed E-state index contributed by atoms with van der Waals surface area (Å²) in [6.45, 7) is 3.50. The molecule has 0 aliphatic carbocycles. The van der Waals surface area contributed by atoms with E-state index in [0.29, 0.717) is 32.5 Å². The summed E-state index contributed by atoms with van der Waals surface area (Å²) >= 11 is 0. The van der Waals surface area contributed by atoms with Crippen molar-refractivity contribution in [1.82, 2.24) is 20.0 Å². The van der Waals surface area contributed by atoms with Crippen molar-refractivity contribution in [3.63, 3.8) is 0 Å². The third-order valence-electron chi connectivity index (χ3n) is 4.67. The van der Waals surface area contributed by atoms with Crippen LogP contribution in [-0.4, -0.2) is 45.8 Å². The quantitative estimate of drug-likeness (QED) is 0.826. The van der Waals surface area contributed by atoms with Gasteiger partial charge in [0.25, 0.3) is 11.5 Å². The van der Waals surface area contributed by atoms with Gasteiger partial charge in [-0.05, 0) is 37.5 Å². The monoisotopic (exact) mass is 383 g/mol. The molecule has 1 aromatic heterocycles. The Bertz CT molecular complexity index is 873. The molecule has 0 spiro atoms. The minimum atomic E-state index is -0.246. The summed E-state index contributed by atoms with van der Waals surface area (Å²) in [5, 5.41) is 9.93. The fourth-order valence-corrected chi connectivity index (χ4v) is 3.20. The van der Waals surface area contributed by atoms with Crippen LogP contribution in [0, 0.1) is 0 Å². The number of carbonyl (C=O) groups is 2. The van der Waals surface area contributed by atoms with Gasteiger partial charge in [-0.2, -0.15) is 5.10 Å². The van der Waals surface area contributed by atoms with Gasteiger partial charge in [-0.3, -0.25) is 9.59 Å². The maximum absolute atomic E-state index is 12.7. The number of rotatable bonds is 5. The van der Waals surface area contributed by atoms with Crippen LogP contribution in [0.15, 0.2) is 47.3 Å². The zero-order valence-corrected chi connectivity index (χ0v) is 15.9. The Hall–Kier alpha value is -3.16. The maximum atomic E-state index is 12.7. The molecule has 28 heavy (non-hydrogen) atoms. The number of urea groups is 1. The van der Waals surface area contributed by atoms with Gasteiger partial charge in [0.15, 0.2) is 0 Å². The van der Waals surface area contributed by atoms with Crippen molar-refractivity contribution in [3.05, 3.63) is 58.5 Å². The largest absolute Gasteiger partial charge is 0.337 e. The molecule has 0 bridgehead atoms. The first-order valence-corrected chi connectivity index (χ1v) is 9.57. The molecule has 148 valence electrons. The third-order valence-corrected chi connectivity index (χ3v) is 4.67. The summed E-state index contributed by atoms with van der Waals surface area (Å²) in [7, 11) is 0. The highest BCUT2D eigenvalue weighted by atomic mass is 16.2. The van der Waals surface area contributed by atoms with Crippen molar-refractivity contribution < 1.29 is 9.59 Å². The lowest BCUT2D eigenvalue weighted by Crippen LogP contribution is -2.47. The van der Waals surface area contributed by atoms with Gasteiger partial charge in [0, 0.05) is 37.4 Å². The number of likely N-dealkylation sites (tertiary alicyclic amines) is 1. The van der Waals surface area contributed by atoms with Crippen LogP contribution in [0.2, 0.25) is 0 Å². The first-order valence-electron chi connectivity index (χ1n) is 9.57. The SMILES string of the molecule is CCCn1nc(C(=O)N2CCC(NC(=O)Nc3ccccc3)CC2)ccc1=O. The molecule has 8 nitrogen and oxygen atoms in total. The van der Waals surface area contributed by atoms with Crippen molar-refractivity contribution in [1.29, 1.82) is 0 Å². The van der Waals surface area contributed by atoms with E-state index in [-0.39, 0.29) is 29.2 Å². The normalized spacial score (nSPS) is 14.5. The van der Waals surface area contributed by atoms with Crippen LogP contribution in [0.5, 0.6) is 0 Å². The molecule has 0 radical (unpaired) electrons. The lowest BCUT2D eigenvalue weighted by atomic mass is 10.0. The molecule has 1 fully saturated rings. The second-order valence-electron chi connectivity index (χ2n) is 6.81. The van der Waals surface area contributed by atoms with Crippen LogP contribution >= 0.6 is 0 Å². The van der Waals surface area contributed by atoms with Crippen molar-refractivity contribution in [2.45, 2.75) is 38.8 Å². The van der Waals surface area contributed by atoms with E-state index < -0.39 is 0 Å². The van der Waals surface area contributed by atoms with Crippen LogP contribution in [0.3, 0.4) is 0 Å². The van der Waals surface area contributed by atoms with Crippen molar-refractivity contribution in [2.24, 2.45) is 0 Å². The summed E-state index contributed by atoms with van der Waals surface area (Å²) in [5.41, 5.74) is 0.813. The van der Waals surface area contributed by atoms with Crippen LogP contribution in [-0.2, 0) is 6.54 Å². The van der Waals surface area contributed by atoms with Crippen molar-refractivity contribution >= 4 is 17.6 Å². The van der Waals surface area contributed by atoms with Gasteiger partial charge in [0.2, 0.25) is 0 Å². The Morgan fingerprint density at radius 2 is 1.82 bits per heavy atom. The Morgan fingerprint density at radius 1 is 1.11 bits per heavy atom. The number of benzene rings is 1. The summed E-state index contributed by atoms with van der Waals surface area (Å²) < 4.78 is 1.33. The molecule has 1 saturated heterocycles. The number of amides is 3. The summed E-state index contributed by atoms with van der Waals surface area (Å²) in [6.07, 6.45) is 2.11. The highest BCUT2D eigenvalue weighted by Crippen LogP contribution is 2.13. The van der Waals surface area contributed by atoms with Crippen LogP contribution in [0.25, 0.3) is 0 Å². The van der Waals surface area contributed by atoms with E-state index in [2.05, 4.69) is 15.7 Å². The third kappa shape index (κ3) is 4.97. The van der Waals surface area contributed by atoms with Crippen molar-refractivity contribution in [3.8, 4) is 0 Å². The number of hydrogen-bond acceptors (Lipinski definition) is 4. The van der Waals surface area contributed by atoms with Gasteiger partial charge in [-0.15, -0.1) is 0 Å². The fraction of sp³-hybridized carbons (Fsp3) is 0.400. The highest BCUT2D eigenvalue weighted by Gasteiger charge is 2.25. The van der Waals surface area contributed by atoms with Gasteiger partial charge in [-0.25, -0.2) is 9.48 Å². The van der Waals surface area contributed by atoms with E-state index in [1.165, 1.54) is 16.8 Å². The average Bonchev–Trinajstić information content (AvgIpc) is 2.70. The number of carbonyl (C=O) groups excluding carboxylic acids is 2. The molecule has 2 aromatic rings. The first kappa shape index (κ1) is 19.6. The second kappa shape index (κ2) is 9.16. The highest BCUT2D eigenvalue weighted by molar-refractivity contribution is 5.92. The Kier molecular flexibility index (Phi) is 6.41. The summed E-state index contributed by atoms with van der Waals surface area (Å²) in [4.78, 5) is 38.3. The van der Waals surface area contributed by atoms with Gasteiger partial charge in [-0.1, -0.05) is 25.1 Å². The molecule has 1 aliphatic heterocycles. The predicted octanol–water partition coefficient (Wildman–Crippen LogP) is 2.08. The summed E-state index contributed by atoms with van der Waals surface area (Å²) in [5.74, 6) is -0.183. The van der Waals surface area contributed by atoms with Gasteiger partial charge < -0.3 is 15.5 Å². The molecule has 3 rings (SSSR count). The number of nitrogens with zero attached hydrogens (tertiary/aromatic N) is 3. The van der Waals surface area contributed by atoms with Crippen LogP contribution in [0.4, 0.5) is 10.5 Å². The molecule has 2 heterocycles. The fourth-order valence-electron chi connectivity index (χ4n) is 3.20. The molecule has 3 amide bonds. The second-order valence-corrected chi connectivity index (χ2v) is 6.81. The van der Waals surface area contributed by atoms with E-state index >= 15 is 0 Å². The molecule has 2 N–H and O–H groups in total. The number of aryl methyl sites for hydroxylation is 1. The molecular formula is C20H25N5O3. The molecule has 0 saturated carbocycles. The summed E-state index contributed by atoms with van der Waals surface area (Å²) in [6, 6.07) is 11.9. The Labute approximate surface area is 163 Å². The van der Waals surface area contributed by atoms with Crippen LogP contribution in [0.1, 0.15) is 36.7 Å². The predicted molar refractivity (Wildman–Crippen MR) is 106 cm³/mol. The van der Waals surface area contributed by atoms with E-state index in [0.717, 1.165) is 12.1 Å². The van der Waals surface area contributed by atoms with Crippen LogP contribution < -0.4 is 16.2 Å². The smallest absolute Gasteiger partial charge is 0.319 e. The van der Waals surface area contributed by atoms with Gasteiger partial charge >= 0.3 is 6.03 Å². The van der Waals surface area contributed by atoms with Gasteiger partial charge in [0.05, 0.1) is 0 Å². The molecule has 1 aromatic carbocycles. The minimum Gasteiger partial charge on any atom is -0.337 e. The Balaban J connectivity index is 1.52. The Morgan fingerprint density at radius 3 is 2.50 bits per heavy atom. The van der Waals surface area contributed by atoms with Crippen molar-refractivity contribution in [2.75, 3.05) is 18.4 Å². The molecule has 0 unspecified atom stereocenters. The van der Waals surface area contributed by atoms with Gasteiger partial charge in [0.1, 0.15) is 5.69 Å². The van der Waals surface area contributed by atoms with E-state index in [1.54, 1.807) is 4.90 Å². The lowest BCUT2D eigenvalue weighted by molar-refractivity contribution is 0.0700. The van der Waals surface area contributed by atoms with E-state index in [4.69, 9.17) is 0 Å². The first-order chi connectivity index (χ1) is 13.6. The number of piperidine rings is 1. The standard InChI is InChI=1S/C20H25N5O3/c1-2-12-25-18(26)9-8-17(23-25)19(27)24-13-10-16(11-14-24)22-20(28)21-15-6-4-3-5-7-15/h3-9,16H,2,10-14H2,1H3,(H2,21,22,28). The zero-order valence-electron chi connectivity index (χ0n) is 15.9. The molecule has 8 heteroatoms. The van der Waals surface area contributed by atoms with E-state index in [9.17, 15) is 14.4 Å². The number of aromatic nitrogens is 2. The number of nitrogens with one attached hydrogen (secondary N) is 2. The molecule has 1 aliphatic rings. The zero-order chi connectivity index (χ0) is 19.9. The number of para-hydroxylation sites is 1. The molecular weight excluding hydrogens is 358 g/mol. The maximum Gasteiger partial charge on any atom is 0.319 e. The lowest BCUT2D eigenvalue weighted by Gasteiger charge is -2.32. The topological polar surface area (TPSA) is 96.3 Å². The minimum absolute atomic E-state index is 0.00904.